The van der Waals surface area contributed by atoms with Crippen LogP contribution in [0.1, 0.15) is 16.7 Å². The predicted octanol–water partition coefficient (Wildman–Crippen LogP) is 3.12. The molecule has 108 valence electrons. The lowest BCUT2D eigenvalue weighted by Crippen LogP contribution is -2.15. The van der Waals surface area contributed by atoms with E-state index < -0.39 is 21.4 Å². The second-order valence-electron chi connectivity index (χ2n) is 4.65. The van der Waals surface area contributed by atoms with Gasteiger partial charge in [-0.2, -0.15) is 5.26 Å². The Hall–Kier alpha value is -2.39. The van der Waals surface area contributed by atoms with E-state index in [-0.39, 0.29) is 4.90 Å². The van der Waals surface area contributed by atoms with Gasteiger partial charge in [0.15, 0.2) is 0 Å². The number of aryl methyl sites for hydroxylation is 2. The van der Waals surface area contributed by atoms with Crippen molar-refractivity contribution < 1.29 is 12.8 Å². The van der Waals surface area contributed by atoms with Gasteiger partial charge in [-0.15, -0.1) is 0 Å². The first-order valence-corrected chi connectivity index (χ1v) is 7.62. The maximum Gasteiger partial charge on any atom is 0.263 e. The number of anilines is 1. The first-order chi connectivity index (χ1) is 9.85. The van der Waals surface area contributed by atoms with Crippen molar-refractivity contribution >= 4 is 15.7 Å². The van der Waals surface area contributed by atoms with Gasteiger partial charge in [-0.1, -0.05) is 23.8 Å². The van der Waals surface area contributed by atoms with Crippen LogP contribution in [-0.4, -0.2) is 8.42 Å². The molecule has 0 heterocycles. The first-order valence-electron chi connectivity index (χ1n) is 6.14. The maximum atomic E-state index is 13.5. The van der Waals surface area contributed by atoms with Crippen LogP contribution >= 0.6 is 0 Å². The lowest BCUT2D eigenvalue weighted by atomic mass is 10.1. The minimum Gasteiger partial charge on any atom is -0.279 e. The van der Waals surface area contributed by atoms with Crippen LogP contribution in [0.4, 0.5) is 10.1 Å². The van der Waals surface area contributed by atoms with Gasteiger partial charge in [-0.3, -0.25) is 4.72 Å². The summed E-state index contributed by atoms with van der Waals surface area (Å²) in [7, 11) is -4.03. The van der Waals surface area contributed by atoms with Crippen LogP contribution in [0.25, 0.3) is 0 Å². The summed E-state index contributed by atoms with van der Waals surface area (Å²) in [6, 6.07) is 10.3. The van der Waals surface area contributed by atoms with Crippen LogP contribution in [-0.2, 0) is 10.0 Å². The van der Waals surface area contributed by atoms with Crippen molar-refractivity contribution in [3.63, 3.8) is 0 Å². The second-order valence-corrected chi connectivity index (χ2v) is 6.30. The zero-order chi connectivity index (χ0) is 15.6. The monoisotopic (exact) mass is 304 g/mol. The minimum atomic E-state index is -4.03. The molecule has 0 saturated carbocycles. The van der Waals surface area contributed by atoms with Gasteiger partial charge < -0.3 is 0 Å². The topological polar surface area (TPSA) is 70.0 Å². The molecule has 0 radical (unpaired) electrons. The van der Waals surface area contributed by atoms with E-state index in [4.69, 9.17) is 5.26 Å². The Balaban J connectivity index is 2.49. The third kappa shape index (κ3) is 3.03. The highest BCUT2D eigenvalue weighted by Crippen LogP contribution is 2.23. The lowest BCUT2D eigenvalue weighted by Gasteiger charge is -2.12. The Bertz CT molecular complexity index is 839. The Morgan fingerprint density at radius 1 is 1.19 bits per heavy atom. The molecule has 0 saturated heterocycles. The molecule has 0 aliphatic rings. The van der Waals surface area contributed by atoms with Gasteiger partial charge in [0.2, 0.25) is 0 Å². The number of nitrogens with one attached hydrogen (secondary N) is 1. The summed E-state index contributed by atoms with van der Waals surface area (Å²) in [6.45, 7) is 3.66. The van der Waals surface area contributed by atoms with Crippen LogP contribution in [0.15, 0.2) is 41.3 Å². The number of halogens is 1. The van der Waals surface area contributed by atoms with Crippen LogP contribution in [0.2, 0.25) is 0 Å². The Morgan fingerprint density at radius 3 is 2.52 bits per heavy atom. The maximum absolute atomic E-state index is 13.5. The average Bonchev–Trinajstić information content (AvgIpc) is 2.41. The number of rotatable bonds is 3. The van der Waals surface area contributed by atoms with Gasteiger partial charge in [0.1, 0.15) is 22.3 Å². The molecule has 0 bridgehead atoms. The molecular formula is C15H13FN2O2S. The number of benzene rings is 2. The minimum absolute atomic E-state index is 0.370. The summed E-state index contributed by atoms with van der Waals surface area (Å²) in [4.78, 5) is -0.370. The third-order valence-electron chi connectivity index (χ3n) is 3.00. The van der Waals surface area contributed by atoms with Crippen molar-refractivity contribution in [3.8, 4) is 6.07 Å². The van der Waals surface area contributed by atoms with Gasteiger partial charge in [-0.25, -0.2) is 12.8 Å². The fraction of sp³-hybridized carbons (Fsp3) is 0.133. The molecule has 0 fully saturated rings. The van der Waals surface area contributed by atoms with E-state index in [0.29, 0.717) is 5.69 Å². The van der Waals surface area contributed by atoms with Gasteiger partial charge in [0, 0.05) is 0 Å². The number of hydrogen-bond donors (Lipinski definition) is 1. The fourth-order valence-electron chi connectivity index (χ4n) is 1.96. The van der Waals surface area contributed by atoms with Crippen LogP contribution in [0.5, 0.6) is 0 Å². The van der Waals surface area contributed by atoms with E-state index in [9.17, 15) is 12.8 Å². The molecule has 0 atom stereocenters. The molecule has 1 N–H and O–H groups in total. The summed E-state index contributed by atoms with van der Waals surface area (Å²) in [5.74, 6) is -0.860. The largest absolute Gasteiger partial charge is 0.279 e. The van der Waals surface area contributed by atoms with E-state index in [2.05, 4.69) is 4.72 Å². The molecule has 0 aliphatic carbocycles. The quantitative estimate of drug-likeness (QED) is 0.947. The smallest absolute Gasteiger partial charge is 0.263 e. The molecule has 2 rings (SSSR count). The molecular weight excluding hydrogens is 291 g/mol. The highest BCUT2D eigenvalue weighted by Gasteiger charge is 2.21. The second kappa shape index (κ2) is 5.54. The molecule has 21 heavy (non-hydrogen) atoms. The van der Waals surface area contributed by atoms with Crippen LogP contribution in [0.3, 0.4) is 0 Å². The number of hydrogen-bond acceptors (Lipinski definition) is 3. The van der Waals surface area contributed by atoms with Crippen molar-refractivity contribution in [2.24, 2.45) is 0 Å². The fourth-order valence-corrected chi connectivity index (χ4v) is 3.26. The highest BCUT2D eigenvalue weighted by molar-refractivity contribution is 7.92. The first kappa shape index (κ1) is 15.0. The SMILES string of the molecule is Cc1ccc(NS(=O)(=O)c2cccc(F)c2C#N)c(C)c1. The van der Waals surface area contributed by atoms with Crippen LogP contribution in [0, 0.1) is 31.0 Å². The zero-order valence-electron chi connectivity index (χ0n) is 11.5. The van der Waals surface area contributed by atoms with Crippen molar-refractivity contribution in [3.05, 3.63) is 58.9 Å². The normalized spacial score (nSPS) is 11.0. The molecule has 6 heteroatoms. The molecule has 0 aromatic heterocycles. The van der Waals surface area contributed by atoms with E-state index in [1.54, 1.807) is 25.1 Å². The van der Waals surface area contributed by atoms with Gasteiger partial charge in [0.25, 0.3) is 10.0 Å². The van der Waals surface area contributed by atoms with Crippen molar-refractivity contribution in [2.75, 3.05) is 4.72 Å². The van der Waals surface area contributed by atoms with Crippen molar-refractivity contribution in [1.29, 1.82) is 5.26 Å². The molecule has 0 spiro atoms. The van der Waals surface area contributed by atoms with E-state index in [0.717, 1.165) is 17.2 Å². The van der Waals surface area contributed by atoms with Crippen LogP contribution < -0.4 is 4.72 Å². The zero-order valence-corrected chi connectivity index (χ0v) is 12.3. The summed E-state index contributed by atoms with van der Waals surface area (Å²) >= 11 is 0. The van der Waals surface area contributed by atoms with Gasteiger partial charge >= 0.3 is 0 Å². The number of nitrogens with zero attached hydrogens (tertiary/aromatic N) is 1. The van der Waals surface area contributed by atoms with Crippen molar-refractivity contribution in [1.82, 2.24) is 0 Å². The number of sulfonamides is 1. The summed E-state index contributed by atoms with van der Waals surface area (Å²) in [6.07, 6.45) is 0. The van der Waals surface area contributed by atoms with E-state index >= 15 is 0 Å². The standard InChI is InChI=1S/C15H13FN2O2S/c1-10-6-7-14(11(2)8-10)18-21(19,20)15-5-3-4-13(16)12(15)9-17/h3-8,18H,1-2H3. The molecule has 4 nitrogen and oxygen atoms in total. The predicted molar refractivity (Wildman–Crippen MR) is 77.8 cm³/mol. The van der Waals surface area contributed by atoms with E-state index in [1.807, 2.05) is 13.0 Å². The van der Waals surface area contributed by atoms with Gasteiger partial charge in [-0.05, 0) is 37.6 Å². The Labute approximate surface area is 122 Å². The van der Waals surface area contributed by atoms with E-state index in [1.165, 1.54) is 12.1 Å². The molecule has 2 aromatic carbocycles. The Morgan fingerprint density at radius 2 is 1.90 bits per heavy atom. The summed E-state index contributed by atoms with van der Waals surface area (Å²) in [5, 5.41) is 8.94. The molecule has 0 aliphatic heterocycles. The third-order valence-corrected chi connectivity index (χ3v) is 4.41. The summed E-state index contributed by atoms with van der Waals surface area (Å²) < 4.78 is 40.6. The average molecular weight is 304 g/mol. The van der Waals surface area contributed by atoms with Crippen molar-refractivity contribution in [2.45, 2.75) is 18.7 Å². The Kier molecular flexibility index (Phi) is 3.96. The van der Waals surface area contributed by atoms with Gasteiger partial charge in [0.05, 0.1) is 5.69 Å². The molecule has 0 unspecified atom stereocenters. The highest BCUT2D eigenvalue weighted by atomic mass is 32.2. The summed E-state index contributed by atoms with van der Waals surface area (Å²) in [5.41, 5.74) is 1.65. The molecule has 2 aromatic rings. The number of nitriles is 1. The molecule has 0 amide bonds. The lowest BCUT2D eigenvalue weighted by molar-refractivity contribution is 0.593.